The molecule has 0 unspecified atom stereocenters. The zero-order valence-corrected chi connectivity index (χ0v) is 19.3. The summed E-state index contributed by atoms with van der Waals surface area (Å²) >= 11 is 0. The van der Waals surface area contributed by atoms with E-state index in [0.29, 0.717) is 36.5 Å². The van der Waals surface area contributed by atoms with E-state index in [1.165, 1.54) is 32.1 Å². The summed E-state index contributed by atoms with van der Waals surface area (Å²) in [5.74, 6) is -0.291. The number of piperidine rings is 1. The molecule has 4 rings (SSSR count). The van der Waals surface area contributed by atoms with E-state index in [4.69, 9.17) is 4.74 Å². The highest BCUT2D eigenvalue weighted by Gasteiger charge is 2.25. The monoisotopic (exact) mass is 449 g/mol. The molecular formula is C27H35N3O3. The van der Waals surface area contributed by atoms with Crippen LogP contribution in [0.3, 0.4) is 0 Å². The molecule has 2 fully saturated rings. The quantitative estimate of drug-likeness (QED) is 0.628. The SMILES string of the molecule is O=C(CN1CCC(OC2CCCCC2)CC1)Nc1ccccc1C(=O)NCc1ccccc1. The second-order valence-electron chi connectivity index (χ2n) is 9.13. The van der Waals surface area contributed by atoms with Gasteiger partial charge in [0.2, 0.25) is 5.91 Å². The largest absolute Gasteiger partial charge is 0.375 e. The van der Waals surface area contributed by atoms with Gasteiger partial charge in [0.05, 0.1) is 30.0 Å². The number of rotatable bonds is 8. The Morgan fingerprint density at radius 1 is 0.848 bits per heavy atom. The first-order valence-electron chi connectivity index (χ1n) is 12.3. The molecule has 0 bridgehead atoms. The predicted octanol–water partition coefficient (Wildman–Crippen LogP) is 4.37. The van der Waals surface area contributed by atoms with Gasteiger partial charge in [-0.1, -0.05) is 61.7 Å². The van der Waals surface area contributed by atoms with Gasteiger partial charge in [0.15, 0.2) is 0 Å². The first-order chi connectivity index (χ1) is 16.2. The van der Waals surface area contributed by atoms with E-state index in [-0.39, 0.29) is 11.8 Å². The first-order valence-corrected chi connectivity index (χ1v) is 12.3. The topological polar surface area (TPSA) is 70.7 Å². The third-order valence-corrected chi connectivity index (χ3v) is 6.58. The molecule has 2 aromatic rings. The van der Waals surface area contributed by atoms with Crippen LogP contribution in [0.2, 0.25) is 0 Å². The average Bonchev–Trinajstić information content (AvgIpc) is 2.85. The fraction of sp³-hybridized carbons (Fsp3) is 0.481. The number of benzene rings is 2. The number of anilines is 1. The minimum atomic E-state index is -0.199. The van der Waals surface area contributed by atoms with Crippen LogP contribution in [0.5, 0.6) is 0 Å². The van der Waals surface area contributed by atoms with Crippen molar-refractivity contribution < 1.29 is 14.3 Å². The van der Waals surface area contributed by atoms with Gasteiger partial charge in [-0.15, -0.1) is 0 Å². The number of hydrogen-bond acceptors (Lipinski definition) is 4. The molecule has 6 nitrogen and oxygen atoms in total. The second-order valence-corrected chi connectivity index (χ2v) is 9.13. The summed E-state index contributed by atoms with van der Waals surface area (Å²) in [6.45, 7) is 2.50. The minimum absolute atomic E-state index is 0.0926. The lowest BCUT2D eigenvalue weighted by Gasteiger charge is -2.34. The number of carbonyl (C=O) groups is 2. The van der Waals surface area contributed by atoms with Gasteiger partial charge in [-0.25, -0.2) is 0 Å². The van der Waals surface area contributed by atoms with Gasteiger partial charge in [-0.2, -0.15) is 0 Å². The maximum atomic E-state index is 12.7. The molecule has 2 amide bonds. The Labute approximate surface area is 196 Å². The molecule has 1 heterocycles. The molecular weight excluding hydrogens is 414 g/mol. The van der Waals surface area contributed by atoms with Crippen molar-refractivity contribution >= 4 is 17.5 Å². The maximum Gasteiger partial charge on any atom is 0.253 e. The Kier molecular flexibility index (Phi) is 8.50. The van der Waals surface area contributed by atoms with Crippen molar-refractivity contribution in [3.63, 3.8) is 0 Å². The summed E-state index contributed by atoms with van der Waals surface area (Å²) in [6.07, 6.45) is 9.01. The summed E-state index contributed by atoms with van der Waals surface area (Å²) in [4.78, 5) is 27.6. The molecule has 33 heavy (non-hydrogen) atoms. The number of likely N-dealkylation sites (tertiary alicyclic amines) is 1. The van der Waals surface area contributed by atoms with Gasteiger partial charge in [0.1, 0.15) is 0 Å². The number of nitrogens with one attached hydrogen (secondary N) is 2. The zero-order valence-electron chi connectivity index (χ0n) is 19.3. The van der Waals surface area contributed by atoms with E-state index in [2.05, 4.69) is 15.5 Å². The number of nitrogens with zero attached hydrogens (tertiary/aromatic N) is 1. The smallest absolute Gasteiger partial charge is 0.253 e. The molecule has 0 atom stereocenters. The number of ether oxygens (including phenoxy) is 1. The Morgan fingerprint density at radius 3 is 2.27 bits per heavy atom. The molecule has 0 spiro atoms. The third-order valence-electron chi connectivity index (χ3n) is 6.58. The molecule has 2 aliphatic rings. The van der Waals surface area contributed by atoms with Gasteiger partial charge in [-0.3, -0.25) is 14.5 Å². The minimum Gasteiger partial charge on any atom is -0.375 e. The van der Waals surface area contributed by atoms with E-state index in [1.54, 1.807) is 12.1 Å². The van der Waals surface area contributed by atoms with E-state index in [1.807, 2.05) is 42.5 Å². The van der Waals surface area contributed by atoms with Crippen LogP contribution in [0.25, 0.3) is 0 Å². The molecule has 2 aromatic carbocycles. The molecule has 0 aromatic heterocycles. The molecule has 1 aliphatic heterocycles. The maximum absolute atomic E-state index is 12.7. The highest BCUT2D eigenvalue weighted by Crippen LogP contribution is 2.24. The number of hydrogen-bond donors (Lipinski definition) is 2. The summed E-state index contributed by atoms with van der Waals surface area (Å²) in [5, 5.41) is 5.88. The van der Waals surface area contributed by atoms with Crippen LogP contribution in [0, 0.1) is 0 Å². The van der Waals surface area contributed by atoms with Crippen LogP contribution in [-0.4, -0.2) is 48.6 Å². The van der Waals surface area contributed by atoms with Crippen molar-refractivity contribution in [1.82, 2.24) is 10.2 Å². The van der Waals surface area contributed by atoms with Gasteiger partial charge in [0, 0.05) is 19.6 Å². The van der Waals surface area contributed by atoms with Gasteiger partial charge in [0.25, 0.3) is 5.91 Å². The van der Waals surface area contributed by atoms with E-state index in [9.17, 15) is 9.59 Å². The van der Waals surface area contributed by atoms with E-state index >= 15 is 0 Å². The molecule has 1 aliphatic carbocycles. The van der Waals surface area contributed by atoms with E-state index < -0.39 is 0 Å². The Morgan fingerprint density at radius 2 is 1.52 bits per heavy atom. The van der Waals surface area contributed by atoms with Crippen LogP contribution in [0.15, 0.2) is 54.6 Å². The molecule has 176 valence electrons. The van der Waals surface area contributed by atoms with Crippen LogP contribution < -0.4 is 10.6 Å². The van der Waals surface area contributed by atoms with Gasteiger partial charge >= 0.3 is 0 Å². The van der Waals surface area contributed by atoms with Crippen molar-refractivity contribution in [3.8, 4) is 0 Å². The highest BCUT2D eigenvalue weighted by molar-refractivity contribution is 6.04. The lowest BCUT2D eigenvalue weighted by Crippen LogP contribution is -2.42. The summed E-state index contributed by atoms with van der Waals surface area (Å²) < 4.78 is 6.31. The standard InChI is InChI=1S/C27H35N3O3/c31-26(20-30-17-15-23(16-18-30)33-22-11-5-2-6-12-22)29-25-14-8-7-13-24(25)27(32)28-19-21-9-3-1-4-10-21/h1,3-4,7-10,13-14,22-23H,2,5-6,11-12,15-20H2,(H,28,32)(H,29,31). The Balaban J connectivity index is 1.24. The lowest BCUT2D eigenvalue weighted by molar-refractivity contribution is -0.118. The molecule has 6 heteroatoms. The zero-order chi connectivity index (χ0) is 22.9. The number of amides is 2. The predicted molar refractivity (Wildman–Crippen MR) is 130 cm³/mol. The number of carbonyl (C=O) groups excluding carboxylic acids is 2. The number of para-hydroxylation sites is 1. The highest BCUT2D eigenvalue weighted by atomic mass is 16.5. The normalized spacial score (nSPS) is 18.1. The van der Waals surface area contributed by atoms with Crippen LogP contribution in [-0.2, 0) is 16.1 Å². The first kappa shape index (κ1) is 23.5. The molecule has 1 saturated heterocycles. The summed E-state index contributed by atoms with van der Waals surface area (Å²) in [7, 11) is 0. The van der Waals surface area contributed by atoms with Gasteiger partial charge < -0.3 is 15.4 Å². The average molecular weight is 450 g/mol. The second kappa shape index (κ2) is 12.0. The fourth-order valence-electron chi connectivity index (χ4n) is 4.73. The molecule has 0 radical (unpaired) electrons. The van der Waals surface area contributed by atoms with Crippen molar-refractivity contribution in [2.75, 3.05) is 25.0 Å². The van der Waals surface area contributed by atoms with Crippen LogP contribution in [0.1, 0.15) is 60.9 Å². The Hall–Kier alpha value is -2.70. The van der Waals surface area contributed by atoms with Crippen molar-refractivity contribution in [1.29, 1.82) is 0 Å². The molecule has 2 N–H and O–H groups in total. The lowest BCUT2D eigenvalue weighted by atomic mass is 9.97. The van der Waals surface area contributed by atoms with Crippen LogP contribution >= 0.6 is 0 Å². The summed E-state index contributed by atoms with van der Waals surface area (Å²) in [5.41, 5.74) is 2.05. The Bertz CT molecular complexity index is 904. The fourth-order valence-corrected chi connectivity index (χ4v) is 4.73. The van der Waals surface area contributed by atoms with Gasteiger partial charge in [-0.05, 0) is 43.4 Å². The van der Waals surface area contributed by atoms with E-state index in [0.717, 1.165) is 31.5 Å². The van der Waals surface area contributed by atoms with Crippen molar-refractivity contribution in [2.24, 2.45) is 0 Å². The van der Waals surface area contributed by atoms with Crippen molar-refractivity contribution in [2.45, 2.75) is 63.7 Å². The van der Waals surface area contributed by atoms with Crippen LogP contribution in [0.4, 0.5) is 5.69 Å². The molecule has 1 saturated carbocycles. The van der Waals surface area contributed by atoms with Crippen molar-refractivity contribution in [3.05, 3.63) is 65.7 Å². The third kappa shape index (κ3) is 7.14. The summed E-state index contributed by atoms with van der Waals surface area (Å²) in [6, 6.07) is 16.9.